The molecule has 1 aliphatic rings. The molecule has 1 aromatic carbocycles. The van der Waals surface area contributed by atoms with Gasteiger partial charge in [0.1, 0.15) is 0 Å². The van der Waals surface area contributed by atoms with Gasteiger partial charge in [0.15, 0.2) is 0 Å². The van der Waals surface area contributed by atoms with Crippen LogP contribution in [0.5, 0.6) is 0 Å². The maximum Gasteiger partial charge on any atom is 0.0591 e. The monoisotopic (exact) mass is 313 g/mol. The zero-order valence-electron chi connectivity index (χ0n) is 12.3. The van der Waals surface area contributed by atoms with Gasteiger partial charge in [-0.15, -0.1) is 0 Å². The first-order valence-corrected chi connectivity index (χ1v) is 9.08. The molecule has 0 saturated heterocycles. The summed E-state index contributed by atoms with van der Waals surface area (Å²) in [7, 11) is 0.944. The Balaban J connectivity index is 2.18. The third-order valence-electron chi connectivity index (χ3n) is 4.30. The van der Waals surface area contributed by atoms with Gasteiger partial charge in [0.05, 0.1) is 26.0 Å². The standard InChI is InChI=1S/C16H24ClNOS/c1-3-6-12-9-10-14(18-2)16(11-12)20(19)15-8-5-4-7-13(15)17/h4-5,7-8,12,14,16,18H,3,6,9-11H2,1-2H3. The van der Waals surface area contributed by atoms with Crippen molar-refractivity contribution in [1.82, 2.24) is 5.32 Å². The highest BCUT2D eigenvalue weighted by Gasteiger charge is 2.34. The van der Waals surface area contributed by atoms with Crippen LogP contribution in [-0.4, -0.2) is 22.5 Å². The summed E-state index contributed by atoms with van der Waals surface area (Å²) in [5.74, 6) is 0.709. The van der Waals surface area contributed by atoms with Crippen LogP contribution in [-0.2, 0) is 10.8 Å². The zero-order chi connectivity index (χ0) is 14.5. The first kappa shape index (κ1) is 16.0. The van der Waals surface area contributed by atoms with Crippen molar-refractivity contribution in [2.75, 3.05) is 7.05 Å². The molecule has 20 heavy (non-hydrogen) atoms. The second-order valence-electron chi connectivity index (χ2n) is 5.63. The van der Waals surface area contributed by atoms with E-state index in [1.807, 2.05) is 31.3 Å². The molecule has 1 N–H and O–H groups in total. The largest absolute Gasteiger partial charge is 0.316 e. The van der Waals surface area contributed by atoms with Crippen LogP contribution in [0.2, 0.25) is 5.02 Å². The smallest absolute Gasteiger partial charge is 0.0591 e. The van der Waals surface area contributed by atoms with E-state index in [4.69, 9.17) is 11.6 Å². The Hall–Kier alpha value is -0.380. The molecule has 1 fully saturated rings. The SMILES string of the molecule is CCCC1CCC(NC)C(S(=O)c2ccccc2Cl)C1. The van der Waals surface area contributed by atoms with E-state index in [1.54, 1.807) is 0 Å². The zero-order valence-corrected chi connectivity index (χ0v) is 13.8. The van der Waals surface area contributed by atoms with Gasteiger partial charge in [-0.1, -0.05) is 43.5 Å². The Labute approximate surface area is 129 Å². The molecule has 4 heteroatoms. The molecule has 4 atom stereocenters. The molecule has 2 rings (SSSR count). The molecule has 1 saturated carbocycles. The molecule has 1 aromatic rings. The first-order chi connectivity index (χ1) is 9.67. The number of hydrogen-bond donors (Lipinski definition) is 1. The average Bonchev–Trinajstić information content (AvgIpc) is 2.47. The predicted molar refractivity (Wildman–Crippen MR) is 86.7 cm³/mol. The normalized spacial score (nSPS) is 28.2. The highest BCUT2D eigenvalue weighted by atomic mass is 35.5. The number of nitrogens with one attached hydrogen (secondary N) is 1. The molecule has 0 heterocycles. The van der Waals surface area contributed by atoms with E-state index in [0.29, 0.717) is 17.0 Å². The number of hydrogen-bond acceptors (Lipinski definition) is 2. The van der Waals surface area contributed by atoms with Crippen LogP contribution in [0.15, 0.2) is 29.2 Å². The van der Waals surface area contributed by atoms with Crippen molar-refractivity contribution in [3.63, 3.8) is 0 Å². The number of rotatable bonds is 5. The molecular formula is C16H24ClNOS. The van der Waals surface area contributed by atoms with E-state index in [0.717, 1.165) is 17.7 Å². The van der Waals surface area contributed by atoms with E-state index in [-0.39, 0.29) is 5.25 Å². The van der Waals surface area contributed by atoms with Crippen molar-refractivity contribution in [3.8, 4) is 0 Å². The van der Waals surface area contributed by atoms with Gasteiger partial charge < -0.3 is 5.32 Å². The number of halogens is 1. The minimum Gasteiger partial charge on any atom is -0.316 e. The maximum absolute atomic E-state index is 12.9. The second-order valence-corrected chi connectivity index (χ2v) is 7.68. The van der Waals surface area contributed by atoms with E-state index >= 15 is 0 Å². The van der Waals surface area contributed by atoms with Crippen LogP contribution in [0.3, 0.4) is 0 Å². The Kier molecular flexibility index (Phi) is 6.06. The maximum atomic E-state index is 12.9. The van der Waals surface area contributed by atoms with Crippen LogP contribution in [0, 0.1) is 5.92 Å². The summed E-state index contributed by atoms with van der Waals surface area (Å²) in [6, 6.07) is 7.86. The Morgan fingerprint density at radius 3 is 2.75 bits per heavy atom. The van der Waals surface area contributed by atoms with Gasteiger partial charge in [-0.2, -0.15) is 0 Å². The fourth-order valence-corrected chi connectivity index (χ4v) is 5.40. The van der Waals surface area contributed by atoms with Crippen molar-refractivity contribution >= 4 is 22.4 Å². The Morgan fingerprint density at radius 2 is 2.10 bits per heavy atom. The second kappa shape index (κ2) is 7.58. The van der Waals surface area contributed by atoms with Crippen LogP contribution in [0.25, 0.3) is 0 Å². The lowest BCUT2D eigenvalue weighted by Crippen LogP contribution is -2.44. The van der Waals surface area contributed by atoms with Crippen LogP contribution < -0.4 is 5.32 Å². The van der Waals surface area contributed by atoms with E-state index in [2.05, 4.69) is 12.2 Å². The fraction of sp³-hybridized carbons (Fsp3) is 0.625. The molecule has 112 valence electrons. The first-order valence-electron chi connectivity index (χ1n) is 7.49. The summed E-state index contributed by atoms with van der Waals surface area (Å²) in [5.41, 5.74) is 0. The molecule has 0 amide bonds. The van der Waals surface area contributed by atoms with E-state index < -0.39 is 10.8 Å². The van der Waals surface area contributed by atoms with Crippen molar-refractivity contribution in [1.29, 1.82) is 0 Å². The van der Waals surface area contributed by atoms with E-state index in [9.17, 15) is 4.21 Å². The van der Waals surface area contributed by atoms with Gasteiger partial charge in [-0.25, -0.2) is 0 Å². The van der Waals surface area contributed by atoms with E-state index in [1.165, 1.54) is 19.3 Å². The third kappa shape index (κ3) is 3.63. The van der Waals surface area contributed by atoms with Gasteiger partial charge in [0.25, 0.3) is 0 Å². The number of benzene rings is 1. The lowest BCUT2D eigenvalue weighted by molar-refractivity contribution is 0.292. The molecule has 2 nitrogen and oxygen atoms in total. The minimum atomic E-state index is -1.03. The summed E-state index contributed by atoms with van der Waals surface area (Å²) in [5, 5.41) is 4.15. The van der Waals surface area contributed by atoms with Gasteiger partial charge in [-0.05, 0) is 44.4 Å². The Morgan fingerprint density at radius 1 is 1.35 bits per heavy atom. The summed E-state index contributed by atoms with van der Waals surface area (Å²) >= 11 is 6.21. The molecule has 0 bridgehead atoms. The van der Waals surface area contributed by atoms with Crippen LogP contribution in [0.1, 0.15) is 39.0 Å². The minimum absolute atomic E-state index is 0.171. The molecule has 0 aromatic heterocycles. The highest BCUT2D eigenvalue weighted by molar-refractivity contribution is 7.85. The quantitative estimate of drug-likeness (QED) is 0.890. The lowest BCUT2D eigenvalue weighted by atomic mass is 9.83. The van der Waals surface area contributed by atoms with Gasteiger partial charge >= 0.3 is 0 Å². The molecule has 1 aliphatic carbocycles. The molecular weight excluding hydrogens is 290 g/mol. The summed E-state index contributed by atoms with van der Waals surface area (Å²) in [4.78, 5) is 0.788. The van der Waals surface area contributed by atoms with Gasteiger partial charge in [0, 0.05) is 6.04 Å². The summed E-state index contributed by atoms with van der Waals surface area (Å²) in [6.45, 7) is 2.23. The predicted octanol–water partition coefficient (Wildman–Crippen LogP) is 4.00. The van der Waals surface area contributed by atoms with Gasteiger partial charge in [-0.3, -0.25) is 4.21 Å². The molecule has 0 aliphatic heterocycles. The molecule has 4 unspecified atom stereocenters. The fourth-order valence-electron chi connectivity index (χ4n) is 3.22. The Bertz CT molecular complexity index is 466. The van der Waals surface area contributed by atoms with Crippen molar-refractivity contribution < 1.29 is 4.21 Å². The lowest BCUT2D eigenvalue weighted by Gasteiger charge is -2.35. The van der Waals surface area contributed by atoms with Crippen molar-refractivity contribution in [2.45, 2.75) is 55.2 Å². The van der Waals surface area contributed by atoms with Crippen LogP contribution in [0.4, 0.5) is 0 Å². The summed E-state index contributed by atoms with van der Waals surface area (Å²) in [6.07, 6.45) is 5.85. The van der Waals surface area contributed by atoms with Crippen molar-refractivity contribution in [2.24, 2.45) is 5.92 Å². The van der Waals surface area contributed by atoms with Crippen molar-refractivity contribution in [3.05, 3.63) is 29.3 Å². The topological polar surface area (TPSA) is 29.1 Å². The highest BCUT2D eigenvalue weighted by Crippen LogP contribution is 2.34. The molecule has 0 radical (unpaired) electrons. The average molecular weight is 314 g/mol. The van der Waals surface area contributed by atoms with Crippen LogP contribution >= 0.6 is 11.6 Å². The molecule has 0 spiro atoms. The third-order valence-corrected chi connectivity index (χ3v) is 6.60. The summed E-state index contributed by atoms with van der Waals surface area (Å²) < 4.78 is 12.9. The van der Waals surface area contributed by atoms with Gasteiger partial charge in [0.2, 0.25) is 0 Å².